The first-order valence-corrected chi connectivity index (χ1v) is 9.24. The Kier molecular flexibility index (Phi) is 5.43. The average molecular weight is 411 g/mol. The fourth-order valence-corrected chi connectivity index (χ4v) is 4.57. The molecule has 0 amide bonds. The third kappa shape index (κ3) is 3.29. The van der Waals surface area contributed by atoms with E-state index in [0.717, 1.165) is 11.3 Å². The lowest BCUT2D eigenvalue weighted by atomic mass is 9.83. The highest BCUT2D eigenvalue weighted by Gasteiger charge is 2.51. The van der Waals surface area contributed by atoms with Gasteiger partial charge in [0.05, 0.1) is 19.3 Å². The number of methoxy groups -OCH3 is 1. The maximum Gasteiger partial charge on any atom is 0.255 e. The number of aryl methyl sites for hydroxylation is 1. The van der Waals surface area contributed by atoms with Crippen molar-refractivity contribution in [2.24, 2.45) is 16.6 Å². The van der Waals surface area contributed by atoms with Crippen molar-refractivity contribution in [2.45, 2.75) is 12.5 Å². The maximum absolute atomic E-state index is 14.0. The number of ether oxygens (including phenoxy) is 1. The summed E-state index contributed by atoms with van der Waals surface area (Å²) >= 11 is 1.55. The van der Waals surface area contributed by atoms with Crippen LogP contribution in [-0.4, -0.2) is 46.1 Å². The predicted octanol–water partition coefficient (Wildman–Crippen LogP) is 2.14. The Hall–Kier alpha value is -2.13. The molecule has 10 heteroatoms. The van der Waals surface area contributed by atoms with Gasteiger partial charge in [0.1, 0.15) is 5.54 Å². The molecule has 0 spiro atoms. The molecule has 2 aliphatic heterocycles. The van der Waals surface area contributed by atoms with Gasteiger partial charge in [0, 0.05) is 36.2 Å². The number of aromatic nitrogens is 3. The molecule has 0 bridgehead atoms. The molecule has 1 saturated heterocycles. The van der Waals surface area contributed by atoms with E-state index in [4.69, 9.17) is 15.5 Å². The molecule has 4 heterocycles. The molecule has 4 rings (SSSR count). The van der Waals surface area contributed by atoms with E-state index in [1.165, 1.54) is 7.11 Å². The Morgan fingerprint density at radius 3 is 2.93 bits per heavy atom. The van der Waals surface area contributed by atoms with Gasteiger partial charge in [-0.3, -0.25) is 4.98 Å². The van der Waals surface area contributed by atoms with Crippen LogP contribution in [0.1, 0.15) is 11.3 Å². The summed E-state index contributed by atoms with van der Waals surface area (Å²) in [6.45, 7) is 2.86. The van der Waals surface area contributed by atoms with E-state index < -0.39 is 11.4 Å². The van der Waals surface area contributed by atoms with Crippen LogP contribution in [0, 0.1) is 18.7 Å². The Bertz CT molecular complexity index is 870. The highest BCUT2D eigenvalue weighted by atomic mass is 35.5. The zero-order valence-electron chi connectivity index (χ0n) is 14.9. The summed E-state index contributed by atoms with van der Waals surface area (Å²) in [5.74, 6) is 0.932. The number of hydrogen-bond donors (Lipinski definition) is 1. The van der Waals surface area contributed by atoms with Gasteiger partial charge >= 0.3 is 0 Å². The largest absolute Gasteiger partial charge is 0.479 e. The van der Waals surface area contributed by atoms with Crippen LogP contribution in [0.5, 0.6) is 5.88 Å². The van der Waals surface area contributed by atoms with E-state index in [9.17, 15) is 4.39 Å². The molecular formula is C17H20ClFN6OS. The SMILES string of the molecule is COc1nc(N2C[C@H]3CSC(N)=N[C@@]3(c3cccnc3)C2)nc(C)c1F.Cl. The monoisotopic (exact) mass is 410 g/mol. The molecule has 2 aliphatic rings. The molecule has 0 aromatic carbocycles. The van der Waals surface area contributed by atoms with Crippen molar-refractivity contribution in [3.63, 3.8) is 0 Å². The second kappa shape index (κ2) is 7.47. The fourth-order valence-electron chi connectivity index (χ4n) is 3.59. The average Bonchev–Trinajstić information content (AvgIpc) is 3.04. The Morgan fingerprint density at radius 1 is 1.41 bits per heavy atom. The minimum absolute atomic E-state index is 0. The number of anilines is 1. The number of halogens is 2. The van der Waals surface area contributed by atoms with Crippen LogP contribution in [0.15, 0.2) is 29.5 Å². The van der Waals surface area contributed by atoms with Crippen LogP contribution in [0.3, 0.4) is 0 Å². The number of rotatable bonds is 3. The van der Waals surface area contributed by atoms with Crippen molar-refractivity contribution in [1.82, 2.24) is 15.0 Å². The molecule has 0 radical (unpaired) electrons. The van der Waals surface area contributed by atoms with Gasteiger partial charge in [-0.1, -0.05) is 17.8 Å². The molecule has 0 aliphatic carbocycles. The smallest absolute Gasteiger partial charge is 0.255 e. The third-order valence-corrected chi connectivity index (χ3v) is 5.86. The Morgan fingerprint density at radius 2 is 2.22 bits per heavy atom. The maximum atomic E-state index is 14.0. The van der Waals surface area contributed by atoms with Gasteiger partial charge in [0.15, 0.2) is 5.17 Å². The summed E-state index contributed by atoms with van der Waals surface area (Å²) in [6.07, 6.45) is 3.57. The predicted molar refractivity (Wildman–Crippen MR) is 106 cm³/mol. The van der Waals surface area contributed by atoms with Crippen molar-refractivity contribution in [1.29, 1.82) is 0 Å². The molecule has 0 saturated carbocycles. The van der Waals surface area contributed by atoms with Gasteiger partial charge in [0.2, 0.25) is 11.8 Å². The first-order valence-electron chi connectivity index (χ1n) is 8.25. The molecule has 2 aromatic rings. The number of hydrogen-bond acceptors (Lipinski definition) is 8. The number of fused-ring (bicyclic) bond motifs is 1. The minimum Gasteiger partial charge on any atom is -0.479 e. The van der Waals surface area contributed by atoms with Gasteiger partial charge in [-0.15, -0.1) is 12.4 Å². The van der Waals surface area contributed by atoms with E-state index >= 15 is 0 Å². The number of amidine groups is 1. The summed E-state index contributed by atoms with van der Waals surface area (Å²) in [7, 11) is 1.40. The number of thioether (sulfide) groups is 1. The minimum atomic E-state index is -0.535. The van der Waals surface area contributed by atoms with Gasteiger partial charge in [-0.25, -0.2) is 9.98 Å². The van der Waals surface area contributed by atoms with Crippen LogP contribution >= 0.6 is 24.2 Å². The molecule has 2 N–H and O–H groups in total. The van der Waals surface area contributed by atoms with Crippen molar-refractivity contribution in [2.75, 3.05) is 30.9 Å². The van der Waals surface area contributed by atoms with Crippen molar-refractivity contribution in [3.05, 3.63) is 41.6 Å². The number of pyridine rings is 1. The summed E-state index contributed by atoms with van der Waals surface area (Å²) in [4.78, 5) is 19.7. The zero-order valence-corrected chi connectivity index (χ0v) is 16.6. The molecule has 144 valence electrons. The second-order valence-corrected chi connectivity index (χ2v) is 7.48. The van der Waals surface area contributed by atoms with E-state index in [1.54, 1.807) is 24.9 Å². The number of aliphatic imine (C=N–C) groups is 1. The van der Waals surface area contributed by atoms with Gasteiger partial charge in [-0.2, -0.15) is 9.37 Å². The molecule has 2 atom stereocenters. The third-order valence-electron chi connectivity index (χ3n) is 4.90. The highest BCUT2D eigenvalue weighted by molar-refractivity contribution is 8.13. The molecule has 0 unspecified atom stereocenters. The summed E-state index contributed by atoms with van der Waals surface area (Å²) in [5, 5.41) is 0.570. The van der Waals surface area contributed by atoms with Gasteiger partial charge < -0.3 is 15.4 Å². The van der Waals surface area contributed by atoms with E-state index in [-0.39, 0.29) is 29.9 Å². The van der Waals surface area contributed by atoms with Gasteiger partial charge in [0.25, 0.3) is 5.88 Å². The first kappa shape index (κ1) is 19.6. The zero-order chi connectivity index (χ0) is 18.3. The quantitative estimate of drug-likeness (QED) is 0.829. The number of nitrogens with zero attached hydrogens (tertiary/aromatic N) is 5. The summed E-state index contributed by atoms with van der Waals surface area (Å²) in [6, 6.07) is 3.92. The number of nitrogens with two attached hydrogens (primary N) is 1. The molecule has 2 aromatic heterocycles. The van der Waals surface area contributed by atoms with Crippen molar-refractivity contribution in [3.8, 4) is 5.88 Å². The van der Waals surface area contributed by atoms with Crippen molar-refractivity contribution >= 4 is 35.3 Å². The van der Waals surface area contributed by atoms with Crippen LogP contribution in [0.2, 0.25) is 0 Å². The Balaban J connectivity index is 0.00000210. The summed E-state index contributed by atoms with van der Waals surface area (Å²) < 4.78 is 19.1. The van der Waals surface area contributed by atoms with Crippen LogP contribution in [0.25, 0.3) is 0 Å². The lowest BCUT2D eigenvalue weighted by Gasteiger charge is -2.34. The van der Waals surface area contributed by atoms with E-state index in [2.05, 4.69) is 15.0 Å². The normalized spacial score (nSPS) is 24.0. The molecule has 27 heavy (non-hydrogen) atoms. The first-order chi connectivity index (χ1) is 12.5. The topological polar surface area (TPSA) is 89.5 Å². The Labute approximate surface area is 167 Å². The lowest BCUT2D eigenvalue weighted by molar-refractivity contribution is 0.365. The fraction of sp³-hybridized carbons (Fsp3) is 0.412. The van der Waals surface area contributed by atoms with Crippen molar-refractivity contribution < 1.29 is 9.13 Å². The van der Waals surface area contributed by atoms with E-state index in [0.29, 0.717) is 24.2 Å². The molecule has 7 nitrogen and oxygen atoms in total. The summed E-state index contributed by atoms with van der Waals surface area (Å²) in [5.41, 5.74) is 6.84. The van der Waals surface area contributed by atoms with E-state index in [1.807, 2.05) is 23.2 Å². The highest BCUT2D eigenvalue weighted by Crippen LogP contribution is 2.46. The van der Waals surface area contributed by atoms with Crippen LogP contribution in [-0.2, 0) is 5.54 Å². The molecular weight excluding hydrogens is 391 g/mol. The standard InChI is InChI=1S/C17H19FN6OS.ClH/c1-10-13(18)14(25-2)22-16(21-10)24-7-12-8-26-15(19)23-17(12,9-24)11-4-3-5-20-6-11;/h3-6,12H,7-9H2,1-2H3,(H2,19,23);1H/t12-,17+;/m0./s1. The van der Waals surface area contributed by atoms with Gasteiger partial charge in [-0.05, 0) is 13.0 Å². The van der Waals surface area contributed by atoms with Crippen LogP contribution < -0.4 is 15.4 Å². The lowest BCUT2D eigenvalue weighted by Crippen LogP contribution is -2.40. The van der Waals surface area contributed by atoms with Crippen LogP contribution in [0.4, 0.5) is 10.3 Å². The second-order valence-electron chi connectivity index (χ2n) is 6.44. The molecule has 1 fully saturated rings.